The average Bonchev–Trinajstić information content (AvgIpc) is 3.07. The van der Waals surface area contributed by atoms with E-state index in [4.69, 9.17) is 0 Å². The monoisotopic (exact) mass is 385 g/mol. The van der Waals surface area contributed by atoms with E-state index >= 15 is 0 Å². The van der Waals surface area contributed by atoms with E-state index in [0.29, 0.717) is 12.3 Å². The lowest BCUT2D eigenvalue weighted by Gasteiger charge is -2.28. The molecule has 0 radical (unpaired) electrons. The van der Waals surface area contributed by atoms with E-state index in [0.717, 1.165) is 27.5 Å². The summed E-state index contributed by atoms with van der Waals surface area (Å²) in [7, 11) is 0. The van der Waals surface area contributed by atoms with Crippen LogP contribution in [0, 0.1) is 10.1 Å². The summed E-state index contributed by atoms with van der Waals surface area (Å²) >= 11 is 2.77. The summed E-state index contributed by atoms with van der Waals surface area (Å²) in [6, 6.07) is 12.9. The molecule has 0 aliphatic carbocycles. The molecule has 0 saturated heterocycles. The molecule has 1 amide bonds. The number of rotatable bonds is 4. The highest BCUT2D eigenvalue weighted by Gasteiger charge is 2.21. The number of carbonyl (C=O) groups excluding carboxylic acids is 1. The summed E-state index contributed by atoms with van der Waals surface area (Å²) in [4.78, 5) is 29.3. The normalized spacial score (nSPS) is 13.6. The van der Waals surface area contributed by atoms with Gasteiger partial charge in [-0.3, -0.25) is 14.9 Å². The Hall–Kier alpha value is -2.45. The standard InChI is InChI=1S/C18H15N3O3S2/c22-17(20-8-7-12-3-1-2-4-13(12)10-20)11-25-18-19-15-6-5-14(21(23)24)9-16(15)26-18/h1-6,9H,7-8,10-11H2. The SMILES string of the molecule is O=C(CSc1nc2ccc([N+](=O)[O-])cc2s1)N1CCc2ccccc2C1. The predicted octanol–water partition coefficient (Wildman–Crippen LogP) is 3.88. The molecule has 0 atom stereocenters. The van der Waals surface area contributed by atoms with Crippen molar-refractivity contribution in [3.05, 3.63) is 63.7 Å². The zero-order chi connectivity index (χ0) is 18.1. The van der Waals surface area contributed by atoms with Crippen LogP contribution in [0.2, 0.25) is 0 Å². The number of nitro groups is 1. The van der Waals surface area contributed by atoms with Gasteiger partial charge < -0.3 is 4.90 Å². The van der Waals surface area contributed by atoms with Crippen molar-refractivity contribution < 1.29 is 9.72 Å². The van der Waals surface area contributed by atoms with Crippen LogP contribution >= 0.6 is 23.1 Å². The maximum absolute atomic E-state index is 12.5. The fourth-order valence-corrected chi connectivity index (χ4v) is 5.00. The van der Waals surface area contributed by atoms with Crippen LogP contribution in [0.1, 0.15) is 11.1 Å². The molecule has 0 bridgehead atoms. The van der Waals surface area contributed by atoms with Crippen molar-refractivity contribution in [1.29, 1.82) is 0 Å². The molecule has 0 fully saturated rings. The van der Waals surface area contributed by atoms with Crippen molar-refractivity contribution in [2.24, 2.45) is 0 Å². The molecule has 0 saturated carbocycles. The number of thioether (sulfide) groups is 1. The first-order valence-corrected chi connectivity index (χ1v) is 9.93. The first kappa shape index (κ1) is 17.0. The molecule has 2 heterocycles. The zero-order valence-corrected chi connectivity index (χ0v) is 15.4. The van der Waals surface area contributed by atoms with Crippen LogP contribution in [-0.4, -0.2) is 33.0 Å². The van der Waals surface area contributed by atoms with Gasteiger partial charge in [0.15, 0.2) is 4.34 Å². The van der Waals surface area contributed by atoms with E-state index in [9.17, 15) is 14.9 Å². The Balaban J connectivity index is 1.42. The van der Waals surface area contributed by atoms with Crippen molar-refractivity contribution in [2.45, 2.75) is 17.3 Å². The molecule has 8 heteroatoms. The van der Waals surface area contributed by atoms with Crippen LogP contribution in [0.4, 0.5) is 5.69 Å². The summed E-state index contributed by atoms with van der Waals surface area (Å²) in [5, 5.41) is 10.9. The number of hydrogen-bond acceptors (Lipinski definition) is 6. The third-order valence-corrected chi connectivity index (χ3v) is 6.51. The first-order valence-electron chi connectivity index (χ1n) is 8.12. The van der Waals surface area contributed by atoms with Crippen molar-refractivity contribution in [3.63, 3.8) is 0 Å². The number of carbonyl (C=O) groups is 1. The van der Waals surface area contributed by atoms with Gasteiger partial charge in [0.2, 0.25) is 5.91 Å². The molecule has 2 aromatic carbocycles. The lowest BCUT2D eigenvalue weighted by Crippen LogP contribution is -2.37. The molecule has 1 aliphatic heterocycles. The van der Waals surface area contributed by atoms with Gasteiger partial charge in [-0.2, -0.15) is 0 Å². The largest absolute Gasteiger partial charge is 0.337 e. The average molecular weight is 385 g/mol. The Morgan fingerprint density at radius 3 is 2.88 bits per heavy atom. The second-order valence-electron chi connectivity index (χ2n) is 6.01. The number of benzene rings is 2. The van der Waals surface area contributed by atoms with Crippen molar-refractivity contribution >= 4 is 44.9 Å². The van der Waals surface area contributed by atoms with Gasteiger partial charge >= 0.3 is 0 Å². The summed E-state index contributed by atoms with van der Waals surface area (Å²) in [6.07, 6.45) is 0.886. The van der Waals surface area contributed by atoms with Gasteiger partial charge in [0.05, 0.1) is 20.9 Å². The molecule has 132 valence electrons. The fourth-order valence-electron chi connectivity index (χ4n) is 2.99. The number of amides is 1. The highest BCUT2D eigenvalue weighted by Crippen LogP contribution is 2.32. The molecule has 3 aromatic rings. The van der Waals surface area contributed by atoms with Crippen LogP contribution in [0.5, 0.6) is 0 Å². The molecule has 0 N–H and O–H groups in total. The number of hydrogen-bond donors (Lipinski definition) is 0. The van der Waals surface area contributed by atoms with E-state index in [-0.39, 0.29) is 11.6 Å². The van der Waals surface area contributed by atoms with E-state index in [1.54, 1.807) is 6.07 Å². The summed E-state index contributed by atoms with van der Waals surface area (Å²) in [5.41, 5.74) is 3.31. The molecule has 0 spiro atoms. The second-order valence-corrected chi connectivity index (χ2v) is 8.26. The van der Waals surface area contributed by atoms with Gasteiger partial charge in [0, 0.05) is 25.2 Å². The van der Waals surface area contributed by atoms with Crippen LogP contribution in [-0.2, 0) is 17.8 Å². The number of thiazole rings is 1. The van der Waals surface area contributed by atoms with E-state index in [1.807, 2.05) is 17.0 Å². The Bertz CT molecular complexity index is 1000. The molecule has 26 heavy (non-hydrogen) atoms. The van der Waals surface area contributed by atoms with Gasteiger partial charge in [-0.05, 0) is 23.6 Å². The van der Waals surface area contributed by atoms with Gasteiger partial charge in [-0.15, -0.1) is 11.3 Å². The van der Waals surface area contributed by atoms with Crippen molar-refractivity contribution in [1.82, 2.24) is 9.88 Å². The van der Waals surface area contributed by atoms with Gasteiger partial charge in [0.1, 0.15) is 0 Å². The van der Waals surface area contributed by atoms with Crippen LogP contribution in [0.3, 0.4) is 0 Å². The summed E-state index contributed by atoms with van der Waals surface area (Å²) in [6.45, 7) is 1.39. The number of non-ortho nitro benzene ring substituents is 1. The number of nitro benzene ring substituents is 1. The molecule has 0 unspecified atom stereocenters. The smallest absolute Gasteiger partial charge is 0.270 e. The fraction of sp³-hybridized carbons (Fsp3) is 0.222. The third-order valence-electron chi connectivity index (χ3n) is 4.37. The minimum Gasteiger partial charge on any atom is -0.337 e. The second kappa shape index (κ2) is 7.05. The van der Waals surface area contributed by atoms with Crippen molar-refractivity contribution in [3.8, 4) is 0 Å². The molecule has 1 aliphatic rings. The lowest BCUT2D eigenvalue weighted by atomic mass is 10.00. The van der Waals surface area contributed by atoms with Gasteiger partial charge in [-0.1, -0.05) is 36.0 Å². The van der Waals surface area contributed by atoms with Crippen LogP contribution < -0.4 is 0 Å². The lowest BCUT2D eigenvalue weighted by molar-refractivity contribution is -0.384. The van der Waals surface area contributed by atoms with Gasteiger partial charge in [-0.25, -0.2) is 4.98 Å². The van der Waals surface area contributed by atoms with Crippen molar-refractivity contribution in [2.75, 3.05) is 12.3 Å². The highest BCUT2D eigenvalue weighted by molar-refractivity contribution is 8.01. The first-order chi connectivity index (χ1) is 12.6. The quantitative estimate of drug-likeness (QED) is 0.387. The minimum absolute atomic E-state index is 0.0563. The molecular weight excluding hydrogens is 370 g/mol. The number of nitrogens with zero attached hydrogens (tertiary/aromatic N) is 3. The number of fused-ring (bicyclic) bond motifs is 2. The Labute approximate surface area is 158 Å². The molecule has 4 rings (SSSR count). The van der Waals surface area contributed by atoms with E-state index in [1.165, 1.54) is 46.4 Å². The topological polar surface area (TPSA) is 76.3 Å². The molecule has 6 nitrogen and oxygen atoms in total. The summed E-state index contributed by atoms with van der Waals surface area (Å²) in [5.74, 6) is 0.416. The van der Waals surface area contributed by atoms with E-state index in [2.05, 4.69) is 17.1 Å². The summed E-state index contributed by atoms with van der Waals surface area (Å²) < 4.78 is 1.52. The molecular formula is C18H15N3O3S2. The highest BCUT2D eigenvalue weighted by atomic mass is 32.2. The van der Waals surface area contributed by atoms with E-state index < -0.39 is 4.92 Å². The Morgan fingerprint density at radius 2 is 2.08 bits per heavy atom. The van der Waals surface area contributed by atoms with Gasteiger partial charge in [0.25, 0.3) is 5.69 Å². The minimum atomic E-state index is -0.413. The zero-order valence-electron chi connectivity index (χ0n) is 13.8. The number of aromatic nitrogens is 1. The Kier molecular flexibility index (Phi) is 4.60. The van der Waals surface area contributed by atoms with Crippen LogP contribution in [0.15, 0.2) is 46.8 Å². The third kappa shape index (κ3) is 3.42. The maximum Gasteiger partial charge on any atom is 0.270 e. The Morgan fingerprint density at radius 1 is 1.27 bits per heavy atom. The molecule has 1 aromatic heterocycles. The predicted molar refractivity (Wildman–Crippen MR) is 103 cm³/mol. The van der Waals surface area contributed by atoms with Crippen LogP contribution in [0.25, 0.3) is 10.2 Å². The maximum atomic E-state index is 12.5.